The zero-order valence-electron chi connectivity index (χ0n) is 7.15. The Labute approximate surface area is 76.0 Å². The predicted molar refractivity (Wildman–Crippen MR) is 49.9 cm³/mol. The molecule has 2 atom stereocenters. The lowest BCUT2D eigenvalue weighted by Crippen LogP contribution is -2.28. The Morgan fingerprint density at radius 3 is 2.55 bits per heavy atom. The molecule has 0 aromatic heterocycles. The molecule has 0 saturated heterocycles. The highest BCUT2D eigenvalue weighted by atomic mass is 79.9. The molecule has 1 aliphatic rings. The van der Waals surface area contributed by atoms with E-state index < -0.39 is 0 Å². The molecule has 0 fully saturated rings. The number of ketones is 1. The lowest BCUT2D eigenvalue weighted by molar-refractivity contribution is -0.116. The Bertz CT molecular complexity index is 218. The van der Waals surface area contributed by atoms with Crippen LogP contribution in [0, 0.1) is 5.92 Å². The van der Waals surface area contributed by atoms with E-state index in [4.69, 9.17) is 0 Å². The van der Waals surface area contributed by atoms with Gasteiger partial charge in [-0.3, -0.25) is 4.79 Å². The highest BCUT2D eigenvalue weighted by Crippen LogP contribution is 2.30. The van der Waals surface area contributed by atoms with E-state index >= 15 is 0 Å². The van der Waals surface area contributed by atoms with Crippen molar-refractivity contribution in [3.05, 3.63) is 11.1 Å². The summed E-state index contributed by atoms with van der Waals surface area (Å²) in [6.07, 6.45) is 1.05. The molecule has 2 unspecified atom stereocenters. The number of halogens is 1. The molecule has 0 spiro atoms. The van der Waals surface area contributed by atoms with Crippen molar-refractivity contribution in [1.82, 2.24) is 0 Å². The summed E-state index contributed by atoms with van der Waals surface area (Å²) in [6, 6.07) is 0. The summed E-state index contributed by atoms with van der Waals surface area (Å²) in [5, 5.41) is 0. The molecule has 11 heavy (non-hydrogen) atoms. The van der Waals surface area contributed by atoms with Crippen LogP contribution in [0.2, 0.25) is 0 Å². The molecule has 1 rings (SSSR count). The standard InChI is InChI=1S/C9H13BrO/c1-5-4-6(2)8(10)9(11)7(5)3/h6,8H,4H2,1-3H3. The van der Waals surface area contributed by atoms with E-state index in [0.717, 1.165) is 12.0 Å². The second kappa shape index (κ2) is 3.10. The van der Waals surface area contributed by atoms with Gasteiger partial charge < -0.3 is 0 Å². The molecule has 0 aliphatic heterocycles. The fourth-order valence-corrected chi connectivity index (χ4v) is 1.95. The number of alkyl halides is 1. The third-order valence-corrected chi connectivity index (χ3v) is 3.71. The summed E-state index contributed by atoms with van der Waals surface area (Å²) in [4.78, 5) is 11.5. The van der Waals surface area contributed by atoms with Crippen LogP contribution in [0.5, 0.6) is 0 Å². The number of carbonyl (C=O) groups excluding carboxylic acids is 1. The molecular weight excluding hydrogens is 204 g/mol. The molecule has 62 valence electrons. The molecule has 1 aliphatic carbocycles. The Hall–Kier alpha value is -0.110. The van der Waals surface area contributed by atoms with Gasteiger partial charge in [0.05, 0.1) is 4.83 Å². The van der Waals surface area contributed by atoms with E-state index in [-0.39, 0.29) is 10.6 Å². The van der Waals surface area contributed by atoms with Gasteiger partial charge in [0, 0.05) is 0 Å². The van der Waals surface area contributed by atoms with Gasteiger partial charge >= 0.3 is 0 Å². The van der Waals surface area contributed by atoms with Crippen LogP contribution in [-0.2, 0) is 4.79 Å². The molecular formula is C9H13BrO. The van der Waals surface area contributed by atoms with E-state index in [9.17, 15) is 4.79 Å². The first-order chi connectivity index (χ1) is 5.04. The summed E-state index contributed by atoms with van der Waals surface area (Å²) in [5.41, 5.74) is 2.20. The molecule has 0 bridgehead atoms. The number of hydrogen-bond acceptors (Lipinski definition) is 1. The van der Waals surface area contributed by atoms with E-state index in [0.29, 0.717) is 5.92 Å². The molecule has 0 amide bonds. The monoisotopic (exact) mass is 216 g/mol. The van der Waals surface area contributed by atoms with Gasteiger partial charge in [-0.25, -0.2) is 0 Å². The van der Waals surface area contributed by atoms with Crippen molar-refractivity contribution in [3.8, 4) is 0 Å². The Balaban J connectivity index is 2.95. The van der Waals surface area contributed by atoms with Crippen LogP contribution in [0.25, 0.3) is 0 Å². The van der Waals surface area contributed by atoms with Gasteiger partial charge in [-0.2, -0.15) is 0 Å². The Morgan fingerprint density at radius 1 is 1.45 bits per heavy atom. The van der Waals surface area contributed by atoms with Gasteiger partial charge in [-0.05, 0) is 31.8 Å². The van der Waals surface area contributed by atoms with Gasteiger partial charge in [0.1, 0.15) is 0 Å². The minimum atomic E-state index is 0.0474. The maximum atomic E-state index is 11.4. The molecule has 2 heteroatoms. The number of allylic oxidation sites excluding steroid dienone is 2. The van der Waals surface area contributed by atoms with Crippen molar-refractivity contribution < 1.29 is 4.79 Å². The van der Waals surface area contributed by atoms with Crippen LogP contribution < -0.4 is 0 Å². The normalized spacial score (nSPS) is 32.9. The largest absolute Gasteiger partial charge is 0.293 e. The van der Waals surface area contributed by atoms with Crippen LogP contribution >= 0.6 is 15.9 Å². The molecule has 0 saturated carbocycles. The van der Waals surface area contributed by atoms with E-state index in [1.165, 1.54) is 5.57 Å². The second-order valence-corrected chi connectivity index (χ2v) is 4.34. The third-order valence-electron chi connectivity index (χ3n) is 2.39. The first-order valence-electron chi connectivity index (χ1n) is 3.88. The van der Waals surface area contributed by atoms with Crippen LogP contribution in [0.1, 0.15) is 27.2 Å². The number of hydrogen-bond donors (Lipinski definition) is 0. The van der Waals surface area contributed by atoms with Crippen molar-refractivity contribution in [2.45, 2.75) is 32.0 Å². The van der Waals surface area contributed by atoms with Gasteiger partial charge in [0.2, 0.25) is 0 Å². The van der Waals surface area contributed by atoms with Gasteiger partial charge in [-0.15, -0.1) is 0 Å². The number of rotatable bonds is 0. The lowest BCUT2D eigenvalue weighted by atomic mass is 9.85. The fraction of sp³-hybridized carbons (Fsp3) is 0.667. The average molecular weight is 217 g/mol. The first kappa shape index (κ1) is 8.98. The van der Waals surface area contributed by atoms with Crippen molar-refractivity contribution in [2.75, 3.05) is 0 Å². The van der Waals surface area contributed by atoms with Gasteiger partial charge in [0.25, 0.3) is 0 Å². The van der Waals surface area contributed by atoms with Gasteiger partial charge in [0.15, 0.2) is 5.78 Å². The summed E-state index contributed by atoms with van der Waals surface area (Å²) in [6.45, 7) is 6.06. The van der Waals surface area contributed by atoms with Crippen LogP contribution in [0.3, 0.4) is 0 Å². The average Bonchev–Trinajstić information content (AvgIpc) is 1.97. The lowest BCUT2D eigenvalue weighted by Gasteiger charge is -2.24. The van der Waals surface area contributed by atoms with Crippen molar-refractivity contribution >= 4 is 21.7 Å². The zero-order chi connectivity index (χ0) is 8.59. The SMILES string of the molecule is CC1=C(C)C(=O)C(Br)C(C)C1. The molecule has 0 aromatic rings. The first-order valence-corrected chi connectivity index (χ1v) is 4.80. The number of Topliss-reactive ketones (excluding diaryl/α,β-unsaturated/α-hetero) is 1. The highest BCUT2D eigenvalue weighted by Gasteiger charge is 2.28. The van der Waals surface area contributed by atoms with E-state index in [1.54, 1.807) is 0 Å². The molecule has 0 aromatic carbocycles. The zero-order valence-corrected chi connectivity index (χ0v) is 8.73. The van der Waals surface area contributed by atoms with Crippen molar-refractivity contribution in [2.24, 2.45) is 5.92 Å². The van der Waals surface area contributed by atoms with Crippen LogP contribution in [0.15, 0.2) is 11.1 Å². The van der Waals surface area contributed by atoms with Crippen molar-refractivity contribution in [3.63, 3.8) is 0 Å². The van der Waals surface area contributed by atoms with Crippen molar-refractivity contribution in [1.29, 1.82) is 0 Å². The third kappa shape index (κ3) is 1.56. The smallest absolute Gasteiger partial charge is 0.172 e. The maximum Gasteiger partial charge on any atom is 0.172 e. The fourth-order valence-electron chi connectivity index (χ4n) is 1.42. The maximum absolute atomic E-state index is 11.4. The predicted octanol–water partition coefficient (Wildman–Crippen LogP) is 2.70. The van der Waals surface area contributed by atoms with E-state index in [2.05, 4.69) is 22.9 Å². The summed E-state index contributed by atoms with van der Waals surface area (Å²) in [7, 11) is 0. The van der Waals surface area contributed by atoms with Crippen LogP contribution in [-0.4, -0.2) is 10.6 Å². The Kier molecular flexibility index (Phi) is 2.53. The Morgan fingerprint density at radius 2 is 2.00 bits per heavy atom. The van der Waals surface area contributed by atoms with E-state index in [1.807, 2.05) is 13.8 Å². The summed E-state index contributed by atoms with van der Waals surface area (Å²) >= 11 is 3.40. The highest BCUT2D eigenvalue weighted by molar-refractivity contribution is 9.10. The molecule has 0 N–H and O–H groups in total. The number of carbonyl (C=O) groups is 1. The van der Waals surface area contributed by atoms with Gasteiger partial charge in [-0.1, -0.05) is 28.4 Å². The molecule has 0 heterocycles. The molecule has 1 nitrogen and oxygen atoms in total. The summed E-state index contributed by atoms with van der Waals surface area (Å²) in [5.74, 6) is 0.715. The molecule has 0 radical (unpaired) electrons. The second-order valence-electron chi connectivity index (χ2n) is 3.35. The summed E-state index contributed by atoms with van der Waals surface area (Å²) < 4.78 is 0. The van der Waals surface area contributed by atoms with Crippen LogP contribution in [0.4, 0.5) is 0 Å². The quantitative estimate of drug-likeness (QED) is 0.570. The topological polar surface area (TPSA) is 17.1 Å². The minimum absolute atomic E-state index is 0.0474. The minimum Gasteiger partial charge on any atom is -0.293 e.